The van der Waals surface area contributed by atoms with Gasteiger partial charge in [0.1, 0.15) is 12.4 Å². The van der Waals surface area contributed by atoms with Gasteiger partial charge in [-0.15, -0.1) is 0 Å². The Balaban J connectivity index is 1.66. The fourth-order valence-electron chi connectivity index (χ4n) is 3.47. The van der Waals surface area contributed by atoms with Crippen molar-refractivity contribution in [1.29, 1.82) is 0 Å². The number of hydrogen-bond donors (Lipinski definition) is 1. The first-order chi connectivity index (χ1) is 12.5. The van der Waals surface area contributed by atoms with E-state index < -0.39 is 0 Å². The average Bonchev–Trinajstić information content (AvgIpc) is 2.63. The first kappa shape index (κ1) is 19.7. The minimum Gasteiger partial charge on any atom is -0.489 e. The van der Waals surface area contributed by atoms with E-state index in [2.05, 4.69) is 33.9 Å². The van der Waals surface area contributed by atoms with Crippen molar-refractivity contribution >= 4 is 27.5 Å². The lowest BCUT2D eigenvalue weighted by Crippen LogP contribution is -2.40. The molecular weight excluding hydrogens is 412 g/mol. The molecule has 1 saturated heterocycles. The van der Waals surface area contributed by atoms with Gasteiger partial charge in [0.25, 0.3) is 0 Å². The highest BCUT2D eigenvalue weighted by Gasteiger charge is 2.23. The minimum absolute atomic E-state index is 0.163. The van der Waals surface area contributed by atoms with Crippen molar-refractivity contribution in [2.45, 2.75) is 31.9 Å². The Labute approximate surface area is 169 Å². The molecule has 0 saturated carbocycles. The Bertz CT molecular complexity index is 714. The quantitative estimate of drug-likeness (QED) is 0.699. The summed E-state index contributed by atoms with van der Waals surface area (Å²) in [5.41, 5.74) is 8.83. The van der Waals surface area contributed by atoms with Crippen LogP contribution in [0.4, 0.5) is 0 Å². The van der Waals surface area contributed by atoms with E-state index in [1.54, 1.807) is 0 Å². The van der Waals surface area contributed by atoms with Crippen LogP contribution in [0.25, 0.3) is 0 Å². The van der Waals surface area contributed by atoms with Gasteiger partial charge in [0.15, 0.2) is 0 Å². The summed E-state index contributed by atoms with van der Waals surface area (Å²) in [6.07, 6.45) is 3.18. The normalized spacial score (nSPS) is 17.2. The first-order valence-corrected chi connectivity index (χ1v) is 10.3. The molecule has 3 nitrogen and oxygen atoms in total. The van der Waals surface area contributed by atoms with Gasteiger partial charge in [0.2, 0.25) is 0 Å². The topological polar surface area (TPSA) is 38.5 Å². The second kappa shape index (κ2) is 9.23. The molecule has 0 bridgehead atoms. The maximum atomic E-state index is 6.56. The Kier molecular flexibility index (Phi) is 6.98. The maximum Gasteiger partial charge on any atom is 0.123 e. The molecule has 5 heteroatoms. The van der Waals surface area contributed by atoms with Crippen LogP contribution in [0, 0.1) is 5.92 Å². The molecule has 2 aromatic carbocycles. The Morgan fingerprint density at radius 1 is 1.19 bits per heavy atom. The molecule has 1 heterocycles. The molecule has 3 rings (SSSR count). The lowest BCUT2D eigenvalue weighted by molar-refractivity contribution is 0.197. The number of nitrogens with two attached hydrogens (primary N) is 1. The lowest BCUT2D eigenvalue weighted by Gasteiger charge is -2.32. The van der Waals surface area contributed by atoms with Gasteiger partial charge < -0.3 is 15.4 Å². The highest BCUT2D eigenvalue weighted by Crippen LogP contribution is 2.28. The van der Waals surface area contributed by atoms with Crippen molar-refractivity contribution in [3.05, 3.63) is 63.1 Å². The summed E-state index contributed by atoms with van der Waals surface area (Å²) < 4.78 is 7.15. The van der Waals surface area contributed by atoms with Gasteiger partial charge in [-0.25, -0.2) is 0 Å². The van der Waals surface area contributed by atoms with Gasteiger partial charge in [-0.1, -0.05) is 39.7 Å². The summed E-state index contributed by atoms with van der Waals surface area (Å²) in [4.78, 5) is 2.38. The summed E-state index contributed by atoms with van der Waals surface area (Å²) in [7, 11) is 2.18. The highest BCUT2D eigenvalue weighted by atomic mass is 79.9. The van der Waals surface area contributed by atoms with Crippen molar-refractivity contribution in [2.75, 3.05) is 20.1 Å². The van der Waals surface area contributed by atoms with Crippen LogP contribution in [0.2, 0.25) is 5.02 Å². The molecule has 0 spiro atoms. The third-order valence-electron chi connectivity index (χ3n) is 5.15. The predicted molar refractivity (Wildman–Crippen MR) is 112 cm³/mol. The molecule has 1 aliphatic heterocycles. The summed E-state index contributed by atoms with van der Waals surface area (Å²) in [5, 5.41) is 0.738. The van der Waals surface area contributed by atoms with Crippen molar-refractivity contribution < 1.29 is 4.74 Å². The second-order valence-electron chi connectivity index (χ2n) is 7.18. The molecule has 1 aliphatic rings. The second-order valence-corrected chi connectivity index (χ2v) is 8.53. The molecule has 0 aliphatic carbocycles. The average molecular weight is 438 g/mol. The van der Waals surface area contributed by atoms with Gasteiger partial charge >= 0.3 is 0 Å². The molecule has 1 fully saturated rings. The number of ether oxygens (including phenoxy) is 1. The molecule has 0 aromatic heterocycles. The summed E-state index contributed by atoms with van der Waals surface area (Å²) in [5.74, 6) is 1.49. The fourth-order valence-corrected chi connectivity index (χ4v) is 4.00. The zero-order valence-corrected chi connectivity index (χ0v) is 17.5. The van der Waals surface area contributed by atoms with Crippen molar-refractivity contribution in [3.63, 3.8) is 0 Å². The molecule has 2 aromatic rings. The van der Waals surface area contributed by atoms with E-state index in [9.17, 15) is 0 Å². The molecule has 26 heavy (non-hydrogen) atoms. The van der Waals surface area contributed by atoms with Crippen LogP contribution < -0.4 is 10.5 Å². The standard InChI is InChI=1S/C21H26BrClN2O/c1-25-10-8-16(9-11-25)20(24)13-17-12-18(22)4-7-21(17)26-14-15-2-5-19(23)6-3-15/h2-7,12,16,20H,8-11,13-14,24H2,1H3. The third-order valence-corrected chi connectivity index (χ3v) is 5.90. The molecule has 0 radical (unpaired) electrons. The van der Waals surface area contributed by atoms with Crippen LogP contribution in [-0.4, -0.2) is 31.1 Å². The molecule has 140 valence electrons. The molecule has 0 amide bonds. The van der Waals surface area contributed by atoms with Crippen molar-refractivity contribution in [1.82, 2.24) is 4.90 Å². The van der Waals surface area contributed by atoms with Gasteiger partial charge in [0.05, 0.1) is 0 Å². The summed E-state index contributed by atoms with van der Waals surface area (Å²) >= 11 is 9.53. The Morgan fingerprint density at radius 2 is 1.88 bits per heavy atom. The SMILES string of the molecule is CN1CCC(C(N)Cc2cc(Br)ccc2OCc2ccc(Cl)cc2)CC1. The van der Waals surface area contributed by atoms with Gasteiger partial charge in [-0.05, 0) is 86.8 Å². The monoisotopic (exact) mass is 436 g/mol. The van der Waals surface area contributed by atoms with E-state index in [4.69, 9.17) is 22.1 Å². The van der Waals surface area contributed by atoms with Gasteiger partial charge in [-0.3, -0.25) is 0 Å². The minimum atomic E-state index is 0.163. The highest BCUT2D eigenvalue weighted by molar-refractivity contribution is 9.10. The van der Waals surface area contributed by atoms with E-state index in [0.717, 1.165) is 40.3 Å². The lowest BCUT2D eigenvalue weighted by atomic mass is 9.86. The molecule has 1 atom stereocenters. The number of piperidine rings is 1. The zero-order chi connectivity index (χ0) is 18.5. The van der Waals surface area contributed by atoms with E-state index in [-0.39, 0.29) is 6.04 Å². The molecule has 2 N–H and O–H groups in total. The summed E-state index contributed by atoms with van der Waals surface area (Å²) in [6, 6.07) is 14.1. The van der Waals surface area contributed by atoms with Gasteiger partial charge in [-0.2, -0.15) is 0 Å². The fraction of sp³-hybridized carbons (Fsp3) is 0.429. The number of hydrogen-bond acceptors (Lipinski definition) is 3. The molecular formula is C21H26BrClN2O. The van der Waals surface area contributed by atoms with Crippen LogP contribution in [0.1, 0.15) is 24.0 Å². The zero-order valence-electron chi connectivity index (χ0n) is 15.1. The van der Waals surface area contributed by atoms with E-state index in [1.807, 2.05) is 36.4 Å². The Hall–Kier alpha value is -1.07. The van der Waals surface area contributed by atoms with Crippen LogP contribution in [0.3, 0.4) is 0 Å². The van der Waals surface area contributed by atoms with E-state index >= 15 is 0 Å². The van der Waals surface area contributed by atoms with Crippen LogP contribution in [-0.2, 0) is 13.0 Å². The number of halogens is 2. The van der Waals surface area contributed by atoms with Gasteiger partial charge in [0, 0.05) is 15.5 Å². The van der Waals surface area contributed by atoms with Crippen molar-refractivity contribution in [3.8, 4) is 5.75 Å². The Morgan fingerprint density at radius 3 is 2.58 bits per heavy atom. The largest absolute Gasteiger partial charge is 0.489 e. The van der Waals surface area contributed by atoms with Crippen LogP contribution >= 0.6 is 27.5 Å². The summed E-state index contributed by atoms with van der Waals surface area (Å²) in [6.45, 7) is 2.79. The van der Waals surface area contributed by atoms with Crippen LogP contribution in [0.5, 0.6) is 5.75 Å². The maximum absolute atomic E-state index is 6.56. The molecule has 1 unspecified atom stereocenters. The smallest absolute Gasteiger partial charge is 0.123 e. The number of benzene rings is 2. The number of nitrogens with zero attached hydrogens (tertiary/aromatic N) is 1. The van der Waals surface area contributed by atoms with Crippen LogP contribution in [0.15, 0.2) is 46.9 Å². The van der Waals surface area contributed by atoms with E-state index in [0.29, 0.717) is 12.5 Å². The first-order valence-electron chi connectivity index (χ1n) is 9.11. The third kappa shape index (κ3) is 5.46. The van der Waals surface area contributed by atoms with E-state index in [1.165, 1.54) is 18.4 Å². The number of rotatable bonds is 6. The predicted octanol–water partition coefficient (Wildman–Crippen LogP) is 4.89. The van der Waals surface area contributed by atoms with Crippen molar-refractivity contribution in [2.24, 2.45) is 11.7 Å². The number of likely N-dealkylation sites (tertiary alicyclic amines) is 1.